The number of benzene rings is 1. The summed E-state index contributed by atoms with van der Waals surface area (Å²) in [6, 6.07) is 9.11. The Hall–Kier alpha value is -3.40. The van der Waals surface area contributed by atoms with Gasteiger partial charge in [0, 0.05) is 23.9 Å². The minimum atomic E-state index is -0.149. The number of amides is 2. The van der Waals surface area contributed by atoms with E-state index in [1.807, 2.05) is 94.5 Å². The molecule has 0 fully saturated rings. The summed E-state index contributed by atoms with van der Waals surface area (Å²) in [5.41, 5.74) is 4.06. The summed E-state index contributed by atoms with van der Waals surface area (Å²) in [5, 5.41) is 5.69. The molecule has 0 aliphatic heterocycles. The summed E-state index contributed by atoms with van der Waals surface area (Å²) in [4.78, 5) is 23.6. The largest absolute Gasteiger partial charge is 0.327 e. The van der Waals surface area contributed by atoms with Crippen LogP contribution in [0.3, 0.4) is 0 Å². The first-order valence-electron chi connectivity index (χ1n) is 9.60. The minimum absolute atomic E-state index is 0.109. The second kappa shape index (κ2) is 12.9. The Balaban J connectivity index is 2.91. The predicted molar refractivity (Wildman–Crippen MR) is 121 cm³/mol. The Morgan fingerprint density at radius 1 is 0.690 bits per heavy atom. The molecule has 0 bridgehead atoms. The van der Waals surface area contributed by atoms with Gasteiger partial charge in [0.05, 0.1) is 0 Å². The molecule has 4 nitrogen and oxygen atoms in total. The molecule has 0 spiro atoms. The molecule has 1 aromatic rings. The molecule has 152 valence electrons. The Bertz CT molecular complexity index is 883. The summed E-state index contributed by atoms with van der Waals surface area (Å²) < 4.78 is 0. The number of hydrogen-bond donors (Lipinski definition) is 2. The average molecular weight is 391 g/mol. The second-order valence-corrected chi connectivity index (χ2v) is 6.14. The molecule has 0 aliphatic rings. The lowest BCUT2D eigenvalue weighted by Gasteiger charge is -2.08. The second-order valence-electron chi connectivity index (χ2n) is 6.14. The molecule has 1 rings (SSSR count). The maximum atomic E-state index is 12.4. The zero-order valence-electron chi connectivity index (χ0n) is 17.8. The molecule has 0 saturated heterocycles. The summed E-state index contributed by atoms with van der Waals surface area (Å²) in [6.07, 6.45) is 15.3. The van der Waals surface area contributed by atoms with Crippen LogP contribution in [-0.2, 0) is 4.79 Å². The van der Waals surface area contributed by atoms with E-state index in [1.165, 1.54) is 6.92 Å². The molecule has 1 aromatic carbocycles. The van der Waals surface area contributed by atoms with Gasteiger partial charge in [-0.1, -0.05) is 54.7 Å². The molecule has 0 heterocycles. The fourth-order valence-electron chi connectivity index (χ4n) is 2.49. The normalized spacial score (nSPS) is 13.8. The van der Waals surface area contributed by atoms with E-state index in [2.05, 4.69) is 10.6 Å². The summed E-state index contributed by atoms with van der Waals surface area (Å²) in [6.45, 7) is 9.14. The van der Waals surface area contributed by atoms with Gasteiger partial charge in [0.2, 0.25) is 5.91 Å². The third-order valence-electron chi connectivity index (χ3n) is 4.08. The monoisotopic (exact) mass is 390 g/mol. The maximum Gasteiger partial charge on any atom is 0.255 e. The zero-order valence-corrected chi connectivity index (χ0v) is 17.8. The molecule has 29 heavy (non-hydrogen) atoms. The molecule has 0 aromatic heterocycles. The first kappa shape index (κ1) is 23.6. The van der Waals surface area contributed by atoms with Gasteiger partial charge in [-0.15, -0.1) is 0 Å². The van der Waals surface area contributed by atoms with Crippen LogP contribution in [0.25, 0.3) is 0 Å². The number of carbonyl (C=O) groups excluding carboxylic acids is 2. The molecular weight excluding hydrogens is 360 g/mol. The third-order valence-corrected chi connectivity index (χ3v) is 4.08. The third kappa shape index (κ3) is 8.43. The summed E-state index contributed by atoms with van der Waals surface area (Å²) in [5.74, 6) is -0.257. The van der Waals surface area contributed by atoms with Gasteiger partial charge >= 0.3 is 0 Å². The van der Waals surface area contributed by atoms with Crippen LogP contribution in [0.15, 0.2) is 101 Å². The Kier molecular flexibility index (Phi) is 10.5. The van der Waals surface area contributed by atoms with E-state index in [-0.39, 0.29) is 11.8 Å². The van der Waals surface area contributed by atoms with Crippen molar-refractivity contribution in [3.8, 4) is 0 Å². The van der Waals surface area contributed by atoms with Crippen molar-refractivity contribution in [3.05, 3.63) is 107 Å². The number of rotatable bonds is 8. The van der Waals surface area contributed by atoms with Crippen LogP contribution in [0.1, 0.15) is 45.0 Å². The Morgan fingerprint density at radius 2 is 1.17 bits per heavy atom. The lowest BCUT2D eigenvalue weighted by Crippen LogP contribution is -2.21. The van der Waals surface area contributed by atoms with Gasteiger partial charge in [0.1, 0.15) is 0 Å². The van der Waals surface area contributed by atoms with Gasteiger partial charge in [-0.05, 0) is 63.1 Å². The van der Waals surface area contributed by atoms with E-state index >= 15 is 0 Å². The van der Waals surface area contributed by atoms with Gasteiger partial charge < -0.3 is 10.6 Å². The number of hydrogen-bond acceptors (Lipinski definition) is 2. The number of nitrogens with one attached hydrogen (secondary N) is 2. The molecule has 4 heteroatoms. The minimum Gasteiger partial charge on any atom is -0.327 e. The van der Waals surface area contributed by atoms with Gasteiger partial charge in [-0.25, -0.2) is 0 Å². The first-order chi connectivity index (χ1) is 13.9. The first-order valence-corrected chi connectivity index (χ1v) is 9.60. The molecule has 0 atom stereocenters. The van der Waals surface area contributed by atoms with E-state index in [1.54, 1.807) is 12.1 Å². The molecule has 0 aliphatic carbocycles. The molecule has 2 N–H and O–H groups in total. The number of carbonyl (C=O) groups is 2. The van der Waals surface area contributed by atoms with E-state index in [0.29, 0.717) is 11.3 Å². The zero-order chi connectivity index (χ0) is 21.6. The molecule has 0 unspecified atom stereocenters. The maximum absolute atomic E-state index is 12.4. The van der Waals surface area contributed by atoms with E-state index in [9.17, 15) is 9.59 Å². The summed E-state index contributed by atoms with van der Waals surface area (Å²) in [7, 11) is 0. The van der Waals surface area contributed by atoms with Gasteiger partial charge in [0.15, 0.2) is 0 Å². The summed E-state index contributed by atoms with van der Waals surface area (Å²) >= 11 is 0. The quantitative estimate of drug-likeness (QED) is 0.587. The van der Waals surface area contributed by atoms with Crippen LogP contribution in [0.2, 0.25) is 0 Å². The van der Waals surface area contributed by atoms with Crippen molar-refractivity contribution in [2.24, 2.45) is 0 Å². The Morgan fingerprint density at radius 3 is 1.59 bits per heavy atom. The average Bonchev–Trinajstić information content (AvgIpc) is 2.74. The van der Waals surface area contributed by atoms with Crippen molar-refractivity contribution >= 4 is 11.8 Å². The van der Waals surface area contributed by atoms with Crippen molar-refractivity contribution in [1.82, 2.24) is 10.6 Å². The lowest BCUT2D eigenvalue weighted by molar-refractivity contribution is -0.118. The van der Waals surface area contributed by atoms with Gasteiger partial charge in [-0.2, -0.15) is 0 Å². The highest BCUT2D eigenvalue weighted by molar-refractivity contribution is 5.95. The van der Waals surface area contributed by atoms with E-state index in [0.717, 1.165) is 16.8 Å². The fourth-order valence-corrected chi connectivity index (χ4v) is 2.49. The highest BCUT2D eigenvalue weighted by Crippen LogP contribution is 2.15. The van der Waals surface area contributed by atoms with Crippen LogP contribution >= 0.6 is 0 Å². The molecular formula is C25H30N2O2. The lowest BCUT2D eigenvalue weighted by atomic mass is 10.0. The number of allylic oxidation sites excluding steroid dienone is 10. The van der Waals surface area contributed by atoms with Gasteiger partial charge in [0.25, 0.3) is 5.91 Å². The highest BCUT2D eigenvalue weighted by Gasteiger charge is 2.05. The fraction of sp³-hybridized carbons (Fsp3) is 0.200. The standard InChI is InChI=1S/C25H30N2O2/c1-6-20(15-17-23(8-3)26-19(5)28)21(7-2)16-18-24(9-4)27-25(29)22-13-11-10-12-14-22/h6-18H,1-5H3,(H,26,28)(H,27,29)/b17-15-,18-16-,20-6?,21-7+,23-8+,24-9+. The predicted octanol–water partition coefficient (Wildman–Crippen LogP) is 5.37. The van der Waals surface area contributed by atoms with Gasteiger partial charge in [-0.3, -0.25) is 9.59 Å². The van der Waals surface area contributed by atoms with Crippen LogP contribution in [0.4, 0.5) is 0 Å². The molecule has 0 radical (unpaired) electrons. The van der Waals surface area contributed by atoms with Crippen LogP contribution in [0.5, 0.6) is 0 Å². The van der Waals surface area contributed by atoms with Crippen molar-refractivity contribution in [2.45, 2.75) is 34.6 Å². The van der Waals surface area contributed by atoms with Crippen LogP contribution in [-0.4, -0.2) is 11.8 Å². The van der Waals surface area contributed by atoms with E-state index < -0.39 is 0 Å². The van der Waals surface area contributed by atoms with Crippen LogP contribution in [0, 0.1) is 0 Å². The van der Waals surface area contributed by atoms with E-state index in [4.69, 9.17) is 0 Å². The van der Waals surface area contributed by atoms with Crippen molar-refractivity contribution in [1.29, 1.82) is 0 Å². The SMILES string of the molecule is CC=C(/C=C\C(=C/C)NC(C)=O)C(/C=C\C(=C/C)NC(=O)c1ccccc1)=C/C. The topological polar surface area (TPSA) is 58.2 Å². The smallest absolute Gasteiger partial charge is 0.255 e. The molecule has 2 amide bonds. The van der Waals surface area contributed by atoms with Crippen LogP contribution < -0.4 is 10.6 Å². The van der Waals surface area contributed by atoms with Crippen molar-refractivity contribution < 1.29 is 9.59 Å². The van der Waals surface area contributed by atoms with Crippen molar-refractivity contribution in [3.63, 3.8) is 0 Å². The van der Waals surface area contributed by atoms with Crippen molar-refractivity contribution in [2.75, 3.05) is 0 Å². The molecule has 0 saturated carbocycles. The Labute approximate surface area is 174 Å². The highest BCUT2D eigenvalue weighted by atomic mass is 16.2.